The van der Waals surface area contributed by atoms with E-state index in [1.807, 2.05) is 71.3 Å². The highest BCUT2D eigenvalue weighted by Crippen LogP contribution is 2.39. The van der Waals surface area contributed by atoms with E-state index in [2.05, 4.69) is 15.2 Å². The Balaban J connectivity index is 1.13. The van der Waals surface area contributed by atoms with E-state index in [-0.39, 0.29) is 49.3 Å². The van der Waals surface area contributed by atoms with Crippen molar-refractivity contribution in [2.24, 2.45) is 0 Å². The lowest BCUT2D eigenvalue weighted by Gasteiger charge is -2.40. The fraction of sp³-hybridized carbons (Fsp3) is 0.400. The van der Waals surface area contributed by atoms with Gasteiger partial charge in [0.15, 0.2) is 6.29 Å². The Kier molecular flexibility index (Phi) is 10.4. The van der Waals surface area contributed by atoms with Crippen LogP contribution in [0.4, 0.5) is 5.69 Å². The third kappa shape index (κ3) is 7.98. The van der Waals surface area contributed by atoms with Crippen molar-refractivity contribution in [3.05, 3.63) is 100.0 Å². The standard InChI is InChI=1S/C35H41N5O7/c41-22-23-11-13-24(14-12-23)31-20-28(21-39-17-15-27(16-18-39)40-30-8-2-1-7-29(30)37-35(40)44)46-34(47-31)25-5-3-6-26(19-25)36-32(42)9-4-10-33(43)38-45/h1-3,5-8,11-14,19,27-28,31,34,41,45H,4,9-10,15-18,20-22H2,(H,36,42)(H,37,44)(H,38,43). The monoisotopic (exact) mass is 643 g/mol. The first-order valence-electron chi connectivity index (χ1n) is 16.1. The summed E-state index contributed by atoms with van der Waals surface area (Å²) in [4.78, 5) is 41.9. The molecular formula is C35H41N5O7. The molecule has 5 N–H and O–H groups in total. The summed E-state index contributed by atoms with van der Waals surface area (Å²) in [6.45, 7) is 2.34. The fourth-order valence-corrected chi connectivity index (χ4v) is 6.57. The van der Waals surface area contributed by atoms with Gasteiger partial charge in [-0.05, 0) is 54.7 Å². The molecule has 2 saturated heterocycles. The van der Waals surface area contributed by atoms with Gasteiger partial charge in [0.1, 0.15) is 0 Å². The van der Waals surface area contributed by atoms with Crippen LogP contribution in [0.3, 0.4) is 0 Å². The van der Waals surface area contributed by atoms with Crippen molar-refractivity contribution < 1.29 is 29.4 Å². The normalized spacial score (nSPS) is 20.7. The average molecular weight is 644 g/mol. The number of benzene rings is 3. The molecule has 47 heavy (non-hydrogen) atoms. The third-order valence-corrected chi connectivity index (χ3v) is 9.00. The molecule has 2 fully saturated rings. The van der Waals surface area contributed by atoms with Crippen molar-refractivity contribution >= 4 is 28.5 Å². The number of aliphatic hydroxyl groups is 1. The van der Waals surface area contributed by atoms with Crippen LogP contribution in [-0.2, 0) is 25.7 Å². The van der Waals surface area contributed by atoms with Gasteiger partial charge >= 0.3 is 5.69 Å². The Morgan fingerprint density at radius 2 is 1.68 bits per heavy atom. The van der Waals surface area contributed by atoms with E-state index in [1.54, 1.807) is 11.5 Å². The molecule has 2 amide bonds. The van der Waals surface area contributed by atoms with Crippen LogP contribution in [0.15, 0.2) is 77.6 Å². The fourth-order valence-electron chi connectivity index (χ4n) is 6.57. The van der Waals surface area contributed by atoms with Crippen LogP contribution in [0.2, 0.25) is 0 Å². The Hall–Kier alpha value is -4.33. The molecule has 0 saturated carbocycles. The predicted octanol–water partition coefficient (Wildman–Crippen LogP) is 4.32. The molecule has 3 atom stereocenters. The summed E-state index contributed by atoms with van der Waals surface area (Å²) >= 11 is 0. The number of carbonyl (C=O) groups is 2. The van der Waals surface area contributed by atoms with Crippen LogP contribution in [0.1, 0.15) is 73.7 Å². The van der Waals surface area contributed by atoms with Crippen LogP contribution in [-0.4, -0.2) is 62.3 Å². The van der Waals surface area contributed by atoms with Gasteiger partial charge in [-0.1, -0.05) is 48.5 Å². The minimum absolute atomic E-state index is 0.0338. The smallest absolute Gasteiger partial charge is 0.326 e. The van der Waals surface area contributed by atoms with Gasteiger partial charge in [-0.2, -0.15) is 0 Å². The molecule has 0 bridgehead atoms. The number of hydrogen-bond acceptors (Lipinski definition) is 8. The van der Waals surface area contributed by atoms with Gasteiger partial charge in [-0.3, -0.25) is 19.4 Å². The highest BCUT2D eigenvalue weighted by atomic mass is 16.7. The maximum atomic E-state index is 12.8. The molecule has 248 valence electrons. The summed E-state index contributed by atoms with van der Waals surface area (Å²) < 4.78 is 15.0. The van der Waals surface area contributed by atoms with Crippen LogP contribution < -0.4 is 16.5 Å². The second-order valence-electron chi connectivity index (χ2n) is 12.3. The van der Waals surface area contributed by atoms with Crippen molar-refractivity contribution in [2.75, 3.05) is 25.0 Å². The Labute approximate surface area is 272 Å². The largest absolute Gasteiger partial charge is 0.392 e. The molecule has 6 rings (SSSR count). The molecule has 0 aliphatic carbocycles. The summed E-state index contributed by atoms with van der Waals surface area (Å²) in [6.07, 6.45) is 1.78. The number of aromatic amines is 1. The van der Waals surface area contributed by atoms with Gasteiger partial charge in [0, 0.05) is 56.2 Å². The number of nitrogens with zero attached hydrogens (tertiary/aromatic N) is 2. The highest BCUT2D eigenvalue weighted by molar-refractivity contribution is 5.91. The van der Waals surface area contributed by atoms with E-state index in [9.17, 15) is 19.5 Å². The number of nitrogens with one attached hydrogen (secondary N) is 3. The zero-order valence-electron chi connectivity index (χ0n) is 26.1. The molecule has 3 aromatic carbocycles. The number of carbonyl (C=O) groups excluding carboxylic acids is 2. The lowest BCUT2D eigenvalue weighted by molar-refractivity contribution is -0.253. The van der Waals surface area contributed by atoms with E-state index in [4.69, 9.17) is 14.7 Å². The van der Waals surface area contributed by atoms with Gasteiger partial charge in [-0.15, -0.1) is 0 Å². The van der Waals surface area contributed by atoms with E-state index >= 15 is 0 Å². The molecule has 2 aliphatic rings. The number of aliphatic hydroxyl groups excluding tert-OH is 1. The molecular weight excluding hydrogens is 602 g/mol. The van der Waals surface area contributed by atoms with Crippen molar-refractivity contribution in [2.45, 2.75) is 69.7 Å². The van der Waals surface area contributed by atoms with Gasteiger partial charge in [-0.25, -0.2) is 10.3 Å². The Morgan fingerprint density at radius 1 is 0.915 bits per heavy atom. The number of anilines is 1. The molecule has 12 heteroatoms. The number of ether oxygens (including phenoxy) is 2. The number of amides is 2. The van der Waals surface area contributed by atoms with Crippen LogP contribution in [0.5, 0.6) is 0 Å². The van der Waals surface area contributed by atoms with Crippen LogP contribution in [0.25, 0.3) is 11.0 Å². The minimum atomic E-state index is -0.677. The van der Waals surface area contributed by atoms with Crippen LogP contribution >= 0.6 is 0 Å². The summed E-state index contributed by atoms with van der Waals surface area (Å²) in [6, 6.07) is 23.1. The van der Waals surface area contributed by atoms with Gasteiger partial charge in [0.2, 0.25) is 11.8 Å². The summed E-state index contributed by atoms with van der Waals surface area (Å²) in [5.41, 5.74) is 6.48. The maximum Gasteiger partial charge on any atom is 0.326 e. The summed E-state index contributed by atoms with van der Waals surface area (Å²) in [7, 11) is 0. The van der Waals surface area contributed by atoms with Crippen molar-refractivity contribution in [1.29, 1.82) is 0 Å². The molecule has 3 heterocycles. The summed E-state index contributed by atoms with van der Waals surface area (Å²) in [5.74, 6) is -0.771. The van der Waals surface area contributed by atoms with E-state index < -0.39 is 12.2 Å². The Bertz CT molecular complexity index is 1730. The zero-order valence-corrected chi connectivity index (χ0v) is 26.1. The minimum Gasteiger partial charge on any atom is -0.392 e. The molecule has 0 spiro atoms. The lowest BCUT2D eigenvalue weighted by Crippen LogP contribution is -2.43. The lowest BCUT2D eigenvalue weighted by atomic mass is 9.98. The van der Waals surface area contributed by atoms with E-state index in [0.717, 1.165) is 53.7 Å². The van der Waals surface area contributed by atoms with Crippen molar-refractivity contribution in [3.8, 4) is 0 Å². The van der Waals surface area contributed by atoms with Crippen LogP contribution in [0, 0.1) is 0 Å². The number of imidazole rings is 1. The van der Waals surface area contributed by atoms with Gasteiger partial charge < -0.3 is 29.8 Å². The highest BCUT2D eigenvalue weighted by Gasteiger charge is 2.34. The quantitative estimate of drug-likeness (QED) is 0.119. The molecule has 3 unspecified atom stereocenters. The second kappa shape index (κ2) is 15.1. The van der Waals surface area contributed by atoms with E-state index in [0.29, 0.717) is 25.1 Å². The number of fused-ring (bicyclic) bond motifs is 1. The number of aromatic nitrogens is 2. The van der Waals surface area contributed by atoms with Crippen molar-refractivity contribution in [3.63, 3.8) is 0 Å². The first kappa shape index (κ1) is 32.6. The number of hydrogen-bond donors (Lipinski definition) is 5. The second-order valence-corrected chi connectivity index (χ2v) is 12.3. The maximum absolute atomic E-state index is 12.8. The molecule has 12 nitrogen and oxygen atoms in total. The number of para-hydroxylation sites is 2. The number of likely N-dealkylation sites (tertiary alicyclic amines) is 1. The van der Waals surface area contributed by atoms with Crippen molar-refractivity contribution in [1.82, 2.24) is 19.9 Å². The first-order valence-corrected chi connectivity index (χ1v) is 16.1. The number of H-pyrrole nitrogens is 1. The topological polar surface area (TPSA) is 158 Å². The molecule has 1 aromatic heterocycles. The third-order valence-electron chi connectivity index (χ3n) is 9.00. The number of rotatable bonds is 11. The Morgan fingerprint density at radius 3 is 2.45 bits per heavy atom. The zero-order chi connectivity index (χ0) is 32.8. The molecule has 0 radical (unpaired) electrons. The van der Waals surface area contributed by atoms with Gasteiger partial charge in [0.25, 0.3) is 0 Å². The predicted molar refractivity (Wildman–Crippen MR) is 175 cm³/mol. The number of piperidine rings is 1. The average Bonchev–Trinajstić information content (AvgIpc) is 3.44. The number of hydroxylamine groups is 1. The first-order chi connectivity index (χ1) is 22.9. The molecule has 4 aromatic rings. The molecule has 2 aliphatic heterocycles. The summed E-state index contributed by atoms with van der Waals surface area (Å²) in [5, 5.41) is 21.1. The van der Waals surface area contributed by atoms with Gasteiger partial charge in [0.05, 0.1) is 29.8 Å². The SMILES string of the molecule is O=C(CCCC(=O)Nc1cccc(C2OC(CN3CCC(n4c(=O)[nH]c5ccccc54)CC3)CC(c3ccc(CO)cc3)O2)c1)NO. The van der Waals surface area contributed by atoms with E-state index in [1.165, 1.54) is 0 Å².